The molecule has 0 saturated carbocycles. The average molecular weight is 422 g/mol. The van der Waals surface area contributed by atoms with Crippen molar-refractivity contribution in [1.29, 1.82) is 0 Å². The number of halogens is 1. The number of carbonyl (C=O) groups is 1. The van der Waals surface area contributed by atoms with Crippen molar-refractivity contribution in [3.8, 4) is 0 Å². The van der Waals surface area contributed by atoms with Gasteiger partial charge in [-0.3, -0.25) is 4.79 Å². The van der Waals surface area contributed by atoms with E-state index < -0.39 is 11.5 Å². The van der Waals surface area contributed by atoms with Crippen LogP contribution < -0.4 is 10.9 Å². The first-order valence-electron chi connectivity index (χ1n) is 8.98. The minimum Gasteiger partial charge on any atom is -0.422 e. The molecule has 0 bridgehead atoms. The molecular formula is C22H16BrNO3. The van der Waals surface area contributed by atoms with Crippen LogP contribution in [0.15, 0.2) is 73.5 Å². The summed E-state index contributed by atoms with van der Waals surface area (Å²) in [6.45, 7) is 0. The predicted octanol–water partition coefficient (Wildman–Crippen LogP) is 5.12. The first-order chi connectivity index (χ1) is 13.1. The summed E-state index contributed by atoms with van der Waals surface area (Å²) in [6, 6.07) is 15.3. The van der Waals surface area contributed by atoms with Gasteiger partial charge in [0.2, 0.25) is 0 Å². The number of fused-ring (bicyclic) bond motifs is 3. The van der Waals surface area contributed by atoms with Gasteiger partial charge in [-0.05, 0) is 42.7 Å². The maximum atomic E-state index is 13.0. The minimum atomic E-state index is -0.414. The Balaban J connectivity index is 1.87. The number of anilines is 1. The molecule has 0 fully saturated rings. The van der Waals surface area contributed by atoms with Crippen molar-refractivity contribution in [1.82, 2.24) is 0 Å². The fourth-order valence-electron chi connectivity index (χ4n) is 4.20. The third-order valence-electron chi connectivity index (χ3n) is 5.34. The van der Waals surface area contributed by atoms with Gasteiger partial charge in [-0.25, -0.2) is 4.79 Å². The lowest BCUT2D eigenvalue weighted by Gasteiger charge is -2.33. The lowest BCUT2D eigenvalue weighted by Crippen LogP contribution is -2.30. The van der Waals surface area contributed by atoms with Gasteiger partial charge in [-0.1, -0.05) is 40.2 Å². The summed E-state index contributed by atoms with van der Waals surface area (Å²) >= 11 is 3.51. The Bertz CT molecular complexity index is 1190. The molecule has 3 aromatic rings. The molecule has 5 heteroatoms. The Morgan fingerprint density at radius 1 is 1.04 bits per heavy atom. The van der Waals surface area contributed by atoms with E-state index in [0.717, 1.165) is 39.6 Å². The van der Waals surface area contributed by atoms with Gasteiger partial charge in [-0.15, -0.1) is 0 Å². The van der Waals surface area contributed by atoms with Crippen LogP contribution in [-0.2, 0) is 4.79 Å². The van der Waals surface area contributed by atoms with Gasteiger partial charge in [0.05, 0.1) is 11.3 Å². The highest BCUT2D eigenvalue weighted by Gasteiger charge is 2.38. The molecule has 1 aliphatic heterocycles. The monoisotopic (exact) mass is 421 g/mol. The van der Waals surface area contributed by atoms with Crippen LogP contribution in [0, 0.1) is 0 Å². The van der Waals surface area contributed by atoms with E-state index in [1.165, 1.54) is 0 Å². The molecule has 1 atom stereocenters. The molecule has 2 aliphatic rings. The van der Waals surface area contributed by atoms with E-state index in [1.54, 1.807) is 6.07 Å². The first-order valence-corrected chi connectivity index (χ1v) is 9.77. The van der Waals surface area contributed by atoms with E-state index in [4.69, 9.17) is 4.42 Å². The molecule has 1 aromatic heterocycles. The number of hydrogen-bond donors (Lipinski definition) is 1. The highest BCUT2D eigenvalue weighted by molar-refractivity contribution is 9.10. The molecule has 0 amide bonds. The molecule has 0 spiro atoms. The lowest BCUT2D eigenvalue weighted by atomic mass is 9.75. The van der Waals surface area contributed by atoms with Crippen LogP contribution in [0.2, 0.25) is 0 Å². The Hall–Kier alpha value is -2.66. The Morgan fingerprint density at radius 3 is 2.74 bits per heavy atom. The average Bonchev–Trinajstić information content (AvgIpc) is 2.67. The van der Waals surface area contributed by atoms with Crippen molar-refractivity contribution < 1.29 is 9.21 Å². The molecule has 5 rings (SSSR count). The Morgan fingerprint density at radius 2 is 1.89 bits per heavy atom. The molecule has 27 heavy (non-hydrogen) atoms. The van der Waals surface area contributed by atoms with Crippen LogP contribution in [0.1, 0.15) is 36.3 Å². The van der Waals surface area contributed by atoms with E-state index in [0.29, 0.717) is 23.1 Å². The minimum absolute atomic E-state index is 0.104. The van der Waals surface area contributed by atoms with E-state index >= 15 is 0 Å². The number of Topliss-reactive ketones (excluding diaryl/α,β-unsaturated/α-hetero) is 1. The van der Waals surface area contributed by atoms with E-state index in [-0.39, 0.29) is 5.78 Å². The highest BCUT2D eigenvalue weighted by Crippen LogP contribution is 2.46. The standard InChI is InChI=1S/C22H16BrNO3/c23-13-6-3-5-12(11-13)18-19-15(8-4-9-16(19)25)24-21-14-7-1-2-10-17(14)27-22(26)20(18)21/h1-3,5-7,10-11,18,24H,4,8-9H2. The zero-order valence-electron chi connectivity index (χ0n) is 14.4. The number of ketones is 1. The SMILES string of the molecule is O=C1CCCC2=C1C(c1cccc(Br)c1)c1c(c3ccccc3oc1=O)N2. The van der Waals surface area contributed by atoms with Crippen LogP contribution >= 0.6 is 15.9 Å². The number of hydrogen-bond acceptors (Lipinski definition) is 4. The topological polar surface area (TPSA) is 59.3 Å². The van der Waals surface area contributed by atoms with Crippen LogP contribution in [0.4, 0.5) is 5.69 Å². The zero-order chi connectivity index (χ0) is 18.5. The molecule has 4 nitrogen and oxygen atoms in total. The second-order valence-electron chi connectivity index (χ2n) is 6.96. The molecular weight excluding hydrogens is 406 g/mol. The largest absolute Gasteiger partial charge is 0.422 e. The fourth-order valence-corrected chi connectivity index (χ4v) is 4.62. The molecule has 1 N–H and O–H groups in total. The number of benzene rings is 2. The molecule has 1 unspecified atom stereocenters. The van der Waals surface area contributed by atoms with Gasteiger partial charge in [0.15, 0.2) is 5.78 Å². The second-order valence-corrected chi connectivity index (χ2v) is 7.87. The highest BCUT2D eigenvalue weighted by atomic mass is 79.9. The number of rotatable bonds is 1. The Kier molecular flexibility index (Phi) is 3.79. The summed E-state index contributed by atoms with van der Waals surface area (Å²) in [5.41, 5.74) is 3.98. The third-order valence-corrected chi connectivity index (χ3v) is 5.83. The summed E-state index contributed by atoms with van der Waals surface area (Å²) in [6.07, 6.45) is 2.14. The smallest absolute Gasteiger partial charge is 0.342 e. The number of allylic oxidation sites excluding steroid dienone is 2. The van der Waals surface area contributed by atoms with Gasteiger partial charge in [0, 0.05) is 33.5 Å². The van der Waals surface area contributed by atoms with Gasteiger partial charge in [-0.2, -0.15) is 0 Å². The summed E-state index contributed by atoms with van der Waals surface area (Å²) in [5, 5.41) is 4.27. The summed E-state index contributed by atoms with van der Waals surface area (Å²) < 4.78 is 6.53. The molecule has 2 heterocycles. The second kappa shape index (κ2) is 6.20. The van der Waals surface area contributed by atoms with E-state index in [1.807, 2.05) is 42.5 Å². The quantitative estimate of drug-likeness (QED) is 0.553. The van der Waals surface area contributed by atoms with Crippen LogP contribution in [0.25, 0.3) is 11.0 Å². The number of carbonyl (C=O) groups excluding carboxylic acids is 1. The lowest BCUT2D eigenvalue weighted by molar-refractivity contribution is -0.116. The molecule has 1 aliphatic carbocycles. The fraction of sp³-hybridized carbons (Fsp3) is 0.182. The normalized spacial score (nSPS) is 18.9. The summed E-state index contributed by atoms with van der Waals surface area (Å²) in [4.78, 5) is 25.8. The predicted molar refractivity (Wildman–Crippen MR) is 108 cm³/mol. The molecule has 134 valence electrons. The maximum absolute atomic E-state index is 13.0. The van der Waals surface area contributed by atoms with Gasteiger partial charge in [0.25, 0.3) is 0 Å². The first kappa shape index (κ1) is 16.5. The number of para-hydroxylation sites is 1. The summed E-state index contributed by atoms with van der Waals surface area (Å²) in [7, 11) is 0. The van der Waals surface area contributed by atoms with E-state index in [9.17, 15) is 9.59 Å². The number of nitrogens with one attached hydrogen (secondary N) is 1. The molecule has 2 aromatic carbocycles. The van der Waals surface area contributed by atoms with Crippen molar-refractivity contribution in [2.45, 2.75) is 25.2 Å². The van der Waals surface area contributed by atoms with Crippen molar-refractivity contribution in [2.75, 3.05) is 5.32 Å². The van der Waals surface area contributed by atoms with Crippen molar-refractivity contribution >= 4 is 38.4 Å². The van der Waals surface area contributed by atoms with Gasteiger partial charge in [0.1, 0.15) is 5.58 Å². The van der Waals surface area contributed by atoms with Crippen LogP contribution in [0.3, 0.4) is 0 Å². The van der Waals surface area contributed by atoms with Crippen molar-refractivity contribution in [3.05, 3.63) is 85.8 Å². The molecule has 0 radical (unpaired) electrons. The maximum Gasteiger partial charge on any atom is 0.342 e. The van der Waals surface area contributed by atoms with Gasteiger partial charge < -0.3 is 9.73 Å². The van der Waals surface area contributed by atoms with Crippen LogP contribution in [-0.4, -0.2) is 5.78 Å². The van der Waals surface area contributed by atoms with Crippen LogP contribution in [0.5, 0.6) is 0 Å². The van der Waals surface area contributed by atoms with Gasteiger partial charge >= 0.3 is 5.63 Å². The van der Waals surface area contributed by atoms with E-state index in [2.05, 4.69) is 21.2 Å². The summed E-state index contributed by atoms with van der Waals surface area (Å²) in [5.74, 6) is -0.311. The third kappa shape index (κ3) is 2.57. The molecule has 0 saturated heterocycles. The van der Waals surface area contributed by atoms with Crippen molar-refractivity contribution in [2.24, 2.45) is 0 Å². The Labute approximate surface area is 164 Å². The van der Waals surface area contributed by atoms with Crippen molar-refractivity contribution in [3.63, 3.8) is 0 Å². The zero-order valence-corrected chi connectivity index (χ0v) is 16.0.